The van der Waals surface area contributed by atoms with Crippen LogP contribution in [0.5, 0.6) is 11.5 Å². The molecular weight excluding hydrogens is 472 g/mol. The summed E-state index contributed by atoms with van der Waals surface area (Å²) in [5.41, 5.74) is 3.40. The van der Waals surface area contributed by atoms with E-state index in [1.807, 2.05) is 0 Å². The molecule has 2 N–H and O–H groups in total. The maximum absolute atomic E-state index is 9.72. The van der Waals surface area contributed by atoms with E-state index in [4.69, 9.17) is 9.47 Å². The van der Waals surface area contributed by atoms with Crippen molar-refractivity contribution in [3.8, 4) is 11.5 Å². The molecule has 0 amide bonds. The van der Waals surface area contributed by atoms with Crippen molar-refractivity contribution in [1.82, 2.24) is 0 Å². The van der Waals surface area contributed by atoms with E-state index < -0.39 is 0 Å². The van der Waals surface area contributed by atoms with Gasteiger partial charge in [0, 0.05) is 10.9 Å². The van der Waals surface area contributed by atoms with E-state index in [9.17, 15) is 10.2 Å². The third kappa shape index (κ3) is 3.69. The van der Waals surface area contributed by atoms with Crippen LogP contribution in [0.2, 0.25) is 0 Å². The Labute approximate surface area is 227 Å². The van der Waals surface area contributed by atoms with Crippen LogP contribution in [0.15, 0.2) is 24.3 Å². The van der Waals surface area contributed by atoms with Gasteiger partial charge in [-0.3, -0.25) is 0 Å². The first-order valence-corrected chi connectivity index (χ1v) is 15.7. The molecular formula is C34H44O4. The molecule has 38 heavy (non-hydrogen) atoms. The number of rotatable bonds is 8. The van der Waals surface area contributed by atoms with E-state index >= 15 is 0 Å². The number of ether oxygens (including phenoxy) is 2. The maximum Gasteiger partial charge on any atom is 0.169 e. The van der Waals surface area contributed by atoms with Gasteiger partial charge in [-0.2, -0.15) is 0 Å². The summed E-state index contributed by atoms with van der Waals surface area (Å²) in [4.78, 5) is 0. The van der Waals surface area contributed by atoms with Gasteiger partial charge in [-0.05, 0) is 140 Å². The summed E-state index contributed by atoms with van der Waals surface area (Å²) in [6.07, 6.45) is 16.5. The van der Waals surface area contributed by atoms with Crippen LogP contribution in [0.4, 0.5) is 0 Å². The summed E-state index contributed by atoms with van der Waals surface area (Å²) in [6.45, 7) is 0.494. The lowest BCUT2D eigenvalue weighted by Gasteiger charge is -2.57. The molecule has 2 aromatic carbocycles. The molecule has 0 aliphatic heterocycles. The Hall–Kier alpha value is -1.78. The fourth-order valence-electron chi connectivity index (χ4n) is 11.6. The van der Waals surface area contributed by atoms with Crippen LogP contribution >= 0.6 is 0 Å². The van der Waals surface area contributed by atoms with Crippen LogP contribution in [0.25, 0.3) is 10.8 Å². The van der Waals surface area contributed by atoms with Crippen LogP contribution in [0.1, 0.15) is 88.2 Å². The van der Waals surface area contributed by atoms with Gasteiger partial charge >= 0.3 is 0 Å². The third-order valence-electron chi connectivity index (χ3n) is 12.0. The van der Waals surface area contributed by atoms with Crippen molar-refractivity contribution in [2.24, 2.45) is 35.5 Å². The predicted molar refractivity (Wildman–Crippen MR) is 149 cm³/mol. The summed E-state index contributed by atoms with van der Waals surface area (Å²) in [5, 5.41) is 21.8. The topological polar surface area (TPSA) is 58.9 Å². The highest BCUT2D eigenvalue weighted by Gasteiger charge is 2.54. The first-order valence-electron chi connectivity index (χ1n) is 15.7. The molecule has 0 heterocycles. The van der Waals surface area contributed by atoms with Gasteiger partial charge in [0.1, 0.15) is 13.2 Å². The molecule has 204 valence electrons. The first kappa shape index (κ1) is 24.1. The van der Waals surface area contributed by atoms with Crippen molar-refractivity contribution in [3.05, 3.63) is 35.4 Å². The van der Waals surface area contributed by atoms with Gasteiger partial charge in [0.2, 0.25) is 0 Å². The number of fused-ring (bicyclic) bond motifs is 1. The molecule has 8 bridgehead atoms. The molecule has 8 fully saturated rings. The largest absolute Gasteiger partial charge is 0.487 e. The smallest absolute Gasteiger partial charge is 0.169 e. The minimum absolute atomic E-state index is 0.0112. The van der Waals surface area contributed by atoms with Gasteiger partial charge in [-0.1, -0.05) is 18.2 Å². The Morgan fingerprint density at radius 3 is 1.58 bits per heavy atom. The van der Waals surface area contributed by atoms with Crippen LogP contribution in [0.3, 0.4) is 0 Å². The molecule has 0 unspecified atom stereocenters. The Kier molecular flexibility index (Phi) is 5.61. The van der Waals surface area contributed by atoms with E-state index in [-0.39, 0.29) is 31.8 Å². The van der Waals surface area contributed by atoms with Gasteiger partial charge in [-0.15, -0.1) is 0 Å². The lowest BCUT2D eigenvalue weighted by Crippen LogP contribution is -2.48. The molecule has 0 atom stereocenters. The van der Waals surface area contributed by atoms with Crippen molar-refractivity contribution < 1.29 is 19.7 Å². The normalized spacial score (nSPS) is 40.3. The summed E-state index contributed by atoms with van der Waals surface area (Å²) in [6, 6.07) is 9.67. The molecule has 4 nitrogen and oxygen atoms in total. The quantitative estimate of drug-likeness (QED) is 0.420. The molecule has 8 saturated carbocycles. The fraction of sp³-hybridized carbons (Fsp3) is 0.706. The van der Waals surface area contributed by atoms with E-state index in [0.717, 1.165) is 52.4 Å². The van der Waals surface area contributed by atoms with E-state index in [2.05, 4.69) is 24.3 Å². The Balaban J connectivity index is 1.29. The number of benzene rings is 2. The van der Waals surface area contributed by atoms with Crippen molar-refractivity contribution in [2.75, 3.05) is 26.4 Å². The second-order valence-corrected chi connectivity index (χ2v) is 14.6. The minimum Gasteiger partial charge on any atom is -0.487 e. The number of hydrogen-bond donors (Lipinski definition) is 2. The van der Waals surface area contributed by atoms with Crippen LogP contribution in [-0.2, 0) is 10.8 Å². The molecule has 2 aromatic rings. The van der Waals surface area contributed by atoms with Crippen LogP contribution < -0.4 is 9.47 Å². The van der Waals surface area contributed by atoms with Crippen molar-refractivity contribution in [2.45, 2.75) is 87.9 Å². The van der Waals surface area contributed by atoms with Crippen molar-refractivity contribution in [3.63, 3.8) is 0 Å². The lowest BCUT2D eigenvalue weighted by atomic mass is 9.47. The van der Waals surface area contributed by atoms with E-state index in [0.29, 0.717) is 5.41 Å². The van der Waals surface area contributed by atoms with Crippen LogP contribution in [0, 0.1) is 35.5 Å². The van der Waals surface area contributed by atoms with Crippen molar-refractivity contribution in [1.29, 1.82) is 0 Å². The zero-order valence-corrected chi connectivity index (χ0v) is 22.8. The molecule has 8 aliphatic carbocycles. The number of aliphatic hydroxyl groups is 2. The summed E-state index contributed by atoms with van der Waals surface area (Å²) in [5.74, 6) is 6.91. The maximum atomic E-state index is 9.72. The summed E-state index contributed by atoms with van der Waals surface area (Å²) < 4.78 is 12.7. The number of hydrogen-bond acceptors (Lipinski definition) is 4. The van der Waals surface area contributed by atoms with Crippen molar-refractivity contribution >= 4 is 10.8 Å². The number of aliphatic hydroxyl groups excluding tert-OH is 2. The van der Waals surface area contributed by atoms with Gasteiger partial charge < -0.3 is 19.7 Å². The molecule has 10 rings (SSSR count). The Morgan fingerprint density at radius 1 is 0.605 bits per heavy atom. The second kappa shape index (κ2) is 8.86. The summed E-state index contributed by atoms with van der Waals surface area (Å²) >= 11 is 0. The monoisotopic (exact) mass is 516 g/mol. The lowest BCUT2D eigenvalue weighted by molar-refractivity contribution is -0.00666. The molecule has 4 heteroatoms. The molecule has 0 aromatic heterocycles. The fourth-order valence-corrected chi connectivity index (χ4v) is 11.6. The van der Waals surface area contributed by atoms with E-state index in [1.54, 1.807) is 5.56 Å². The van der Waals surface area contributed by atoms with Gasteiger partial charge in [0.25, 0.3) is 0 Å². The van der Waals surface area contributed by atoms with Gasteiger partial charge in [0.15, 0.2) is 11.5 Å². The minimum atomic E-state index is -0.0200. The zero-order chi connectivity index (χ0) is 25.5. The molecule has 0 spiro atoms. The standard InChI is InChI=1S/C34H44O4/c35-3-5-37-31-29-2-1-28(33-15-21-7-22(16-33)9-23(8-21)17-33)13-27(29)14-30(32(31)38-6-4-36)34-18-24-10-25(19-34)12-26(11-24)20-34/h1-2,13-14,21-26,35-36H,3-12,15-20H2. The predicted octanol–water partition coefficient (Wildman–Crippen LogP) is 6.52. The third-order valence-corrected chi connectivity index (χ3v) is 12.0. The molecule has 8 aliphatic rings. The average molecular weight is 517 g/mol. The highest BCUT2D eigenvalue weighted by atomic mass is 16.5. The average Bonchev–Trinajstić information content (AvgIpc) is 2.88. The summed E-state index contributed by atoms with van der Waals surface area (Å²) in [7, 11) is 0. The second-order valence-electron chi connectivity index (χ2n) is 14.6. The highest BCUT2D eigenvalue weighted by Crippen LogP contribution is 2.64. The van der Waals surface area contributed by atoms with E-state index in [1.165, 1.54) is 88.0 Å². The highest BCUT2D eigenvalue weighted by molar-refractivity contribution is 5.93. The Morgan fingerprint density at radius 2 is 1.08 bits per heavy atom. The molecule has 0 radical (unpaired) electrons. The van der Waals surface area contributed by atoms with Gasteiger partial charge in [-0.25, -0.2) is 0 Å². The first-order chi connectivity index (χ1) is 18.6. The zero-order valence-electron chi connectivity index (χ0n) is 22.8. The van der Waals surface area contributed by atoms with Crippen LogP contribution in [-0.4, -0.2) is 36.6 Å². The Bertz CT molecular complexity index is 1160. The van der Waals surface area contributed by atoms with Gasteiger partial charge in [0.05, 0.1) is 13.2 Å². The SMILES string of the molecule is OCCOc1c(C23CC4CC(CC(C4)C2)C3)cc2cc(C34CC5CC(CC(C5)C3)C4)ccc2c1OCCO. The molecule has 0 saturated heterocycles.